The van der Waals surface area contributed by atoms with Gasteiger partial charge in [-0.15, -0.1) is 0 Å². The van der Waals surface area contributed by atoms with Gasteiger partial charge < -0.3 is 19.7 Å². The molecule has 0 heterocycles. The van der Waals surface area contributed by atoms with Crippen LogP contribution in [0.25, 0.3) is 10.8 Å². The van der Waals surface area contributed by atoms with Crippen molar-refractivity contribution >= 4 is 22.6 Å². The standard InChI is InChI=1S/C27H32N2O4/c1-19(2)16-28-27(31)20(3)29(17-21-12-14-23(32-4)15-13-21)26(30)18-33-25-11-7-9-22-8-5-6-10-24(22)25/h5-15,19-20H,16-18H2,1-4H3,(H,28,31)/t20-/m0/s1. The molecule has 0 saturated heterocycles. The molecule has 0 unspecified atom stereocenters. The number of ether oxygens (including phenoxy) is 2. The van der Waals surface area contributed by atoms with E-state index < -0.39 is 6.04 Å². The van der Waals surface area contributed by atoms with E-state index in [1.165, 1.54) is 0 Å². The van der Waals surface area contributed by atoms with Crippen molar-refractivity contribution in [3.8, 4) is 11.5 Å². The molecule has 2 amide bonds. The number of fused-ring (bicyclic) bond motifs is 1. The molecule has 3 aromatic rings. The fourth-order valence-corrected chi connectivity index (χ4v) is 3.51. The SMILES string of the molecule is COc1ccc(CN(C(=O)COc2cccc3ccccc23)[C@@H](C)C(=O)NCC(C)C)cc1. The average molecular weight is 449 g/mol. The van der Waals surface area contributed by atoms with Crippen molar-refractivity contribution in [3.05, 3.63) is 72.3 Å². The molecule has 0 fully saturated rings. The molecule has 0 aliphatic carbocycles. The van der Waals surface area contributed by atoms with Crippen LogP contribution in [0.15, 0.2) is 66.7 Å². The van der Waals surface area contributed by atoms with E-state index in [0.717, 1.165) is 22.1 Å². The fourth-order valence-electron chi connectivity index (χ4n) is 3.51. The normalized spacial score (nSPS) is 11.8. The molecule has 0 saturated carbocycles. The Morgan fingerprint density at radius 2 is 1.64 bits per heavy atom. The zero-order chi connectivity index (χ0) is 23.8. The van der Waals surface area contributed by atoms with Crippen molar-refractivity contribution in [2.24, 2.45) is 5.92 Å². The highest BCUT2D eigenvalue weighted by Crippen LogP contribution is 2.25. The molecular formula is C27H32N2O4. The molecular weight excluding hydrogens is 416 g/mol. The van der Waals surface area contributed by atoms with Crippen molar-refractivity contribution < 1.29 is 19.1 Å². The van der Waals surface area contributed by atoms with Crippen molar-refractivity contribution in [3.63, 3.8) is 0 Å². The quantitative estimate of drug-likeness (QED) is 0.499. The molecule has 6 nitrogen and oxygen atoms in total. The fraction of sp³-hybridized carbons (Fsp3) is 0.333. The van der Waals surface area contributed by atoms with Crippen LogP contribution in [0.3, 0.4) is 0 Å². The third-order valence-electron chi connectivity index (χ3n) is 5.46. The van der Waals surface area contributed by atoms with Gasteiger partial charge in [0.2, 0.25) is 5.91 Å². The maximum absolute atomic E-state index is 13.3. The third-order valence-corrected chi connectivity index (χ3v) is 5.46. The van der Waals surface area contributed by atoms with Crippen LogP contribution in [-0.2, 0) is 16.1 Å². The summed E-state index contributed by atoms with van der Waals surface area (Å²) in [4.78, 5) is 27.6. The Morgan fingerprint density at radius 3 is 2.33 bits per heavy atom. The van der Waals surface area contributed by atoms with Crippen LogP contribution in [0.1, 0.15) is 26.3 Å². The molecule has 3 aromatic carbocycles. The summed E-state index contributed by atoms with van der Waals surface area (Å²) in [7, 11) is 1.61. The first-order valence-electron chi connectivity index (χ1n) is 11.2. The predicted molar refractivity (Wildman–Crippen MR) is 130 cm³/mol. The Labute approximate surface area is 195 Å². The van der Waals surface area contributed by atoms with Gasteiger partial charge in [0.1, 0.15) is 17.5 Å². The topological polar surface area (TPSA) is 67.9 Å². The summed E-state index contributed by atoms with van der Waals surface area (Å²) >= 11 is 0. The van der Waals surface area contributed by atoms with Gasteiger partial charge in [0, 0.05) is 18.5 Å². The number of amides is 2. The van der Waals surface area contributed by atoms with Gasteiger partial charge in [0.25, 0.3) is 5.91 Å². The van der Waals surface area contributed by atoms with E-state index in [1.54, 1.807) is 18.9 Å². The highest BCUT2D eigenvalue weighted by Gasteiger charge is 2.26. The minimum atomic E-state index is -0.644. The number of nitrogens with zero attached hydrogens (tertiary/aromatic N) is 1. The van der Waals surface area contributed by atoms with Gasteiger partial charge in [0.05, 0.1) is 7.11 Å². The lowest BCUT2D eigenvalue weighted by atomic mass is 10.1. The summed E-state index contributed by atoms with van der Waals surface area (Å²) in [6.07, 6.45) is 0. The Bertz CT molecular complexity index is 1070. The van der Waals surface area contributed by atoms with Crippen LogP contribution in [0.2, 0.25) is 0 Å². The molecule has 3 rings (SSSR count). The van der Waals surface area contributed by atoms with Crippen LogP contribution in [-0.4, -0.2) is 43.0 Å². The van der Waals surface area contributed by atoms with E-state index in [0.29, 0.717) is 18.2 Å². The number of rotatable bonds is 10. The summed E-state index contributed by atoms with van der Waals surface area (Å²) in [6, 6.07) is 20.4. The second-order valence-corrected chi connectivity index (χ2v) is 8.45. The molecule has 1 atom stereocenters. The Balaban J connectivity index is 1.77. The second-order valence-electron chi connectivity index (χ2n) is 8.45. The van der Waals surface area contributed by atoms with Gasteiger partial charge in [-0.2, -0.15) is 0 Å². The molecule has 6 heteroatoms. The number of carbonyl (C=O) groups excluding carboxylic acids is 2. The van der Waals surface area contributed by atoms with Crippen molar-refractivity contribution in [1.82, 2.24) is 10.2 Å². The number of hydrogen-bond donors (Lipinski definition) is 1. The van der Waals surface area contributed by atoms with Crippen molar-refractivity contribution in [2.75, 3.05) is 20.3 Å². The van der Waals surface area contributed by atoms with Crippen LogP contribution in [0, 0.1) is 5.92 Å². The largest absolute Gasteiger partial charge is 0.497 e. The number of benzene rings is 3. The summed E-state index contributed by atoms with van der Waals surface area (Å²) in [5, 5.41) is 4.91. The predicted octanol–water partition coefficient (Wildman–Crippen LogP) is 4.42. The maximum Gasteiger partial charge on any atom is 0.261 e. The van der Waals surface area contributed by atoms with E-state index in [-0.39, 0.29) is 25.0 Å². The third kappa shape index (κ3) is 6.48. The first kappa shape index (κ1) is 24.1. The molecule has 0 spiro atoms. The van der Waals surface area contributed by atoms with Gasteiger partial charge in [-0.3, -0.25) is 9.59 Å². The number of hydrogen-bond acceptors (Lipinski definition) is 4. The number of methoxy groups -OCH3 is 1. The van der Waals surface area contributed by atoms with E-state index in [4.69, 9.17) is 9.47 Å². The number of nitrogens with one attached hydrogen (secondary N) is 1. The highest BCUT2D eigenvalue weighted by molar-refractivity contribution is 5.90. The Morgan fingerprint density at radius 1 is 0.939 bits per heavy atom. The summed E-state index contributed by atoms with van der Waals surface area (Å²) in [5.74, 6) is 1.25. The molecule has 174 valence electrons. The second kappa shape index (κ2) is 11.4. The van der Waals surface area contributed by atoms with Gasteiger partial charge in [-0.1, -0.05) is 62.4 Å². The minimum absolute atomic E-state index is 0.161. The minimum Gasteiger partial charge on any atom is -0.497 e. The lowest BCUT2D eigenvalue weighted by Gasteiger charge is -2.29. The van der Waals surface area contributed by atoms with E-state index in [2.05, 4.69) is 5.32 Å². The number of carbonyl (C=O) groups is 2. The lowest BCUT2D eigenvalue weighted by molar-refractivity contribution is -0.142. The molecule has 0 bridgehead atoms. The highest BCUT2D eigenvalue weighted by atomic mass is 16.5. The molecule has 33 heavy (non-hydrogen) atoms. The van der Waals surface area contributed by atoms with Crippen molar-refractivity contribution in [2.45, 2.75) is 33.4 Å². The summed E-state index contributed by atoms with van der Waals surface area (Å²) < 4.78 is 11.1. The van der Waals surface area contributed by atoms with Crippen LogP contribution in [0.4, 0.5) is 0 Å². The summed E-state index contributed by atoms with van der Waals surface area (Å²) in [6.45, 7) is 6.49. The van der Waals surface area contributed by atoms with Gasteiger partial charge in [-0.25, -0.2) is 0 Å². The molecule has 0 radical (unpaired) electrons. The van der Waals surface area contributed by atoms with Crippen molar-refractivity contribution in [1.29, 1.82) is 0 Å². The van der Waals surface area contributed by atoms with E-state index in [1.807, 2.05) is 80.6 Å². The van der Waals surface area contributed by atoms with Crippen LogP contribution >= 0.6 is 0 Å². The molecule has 0 aliphatic rings. The zero-order valence-corrected chi connectivity index (χ0v) is 19.7. The van der Waals surface area contributed by atoms with Crippen LogP contribution < -0.4 is 14.8 Å². The maximum atomic E-state index is 13.3. The first-order chi connectivity index (χ1) is 15.9. The van der Waals surface area contributed by atoms with Gasteiger partial charge in [-0.05, 0) is 42.0 Å². The zero-order valence-electron chi connectivity index (χ0n) is 19.7. The molecule has 1 N–H and O–H groups in total. The monoisotopic (exact) mass is 448 g/mol. The smallest absolute Gasteiger partial charge is 0.261 e. The van der Waals surface area contributed by atoms with Gasteiger partial charge in [0.15, 0.2) is 6.61 Å². The first-order valence-corrected chi connectivity index (χ1v) is 11.2. The lowest BCUT2D eigenvalue weighted by Crippen LogP contribution is -2.49. The Kier molecular flexibility index (Phi) is 8.30. The van der Waals surface area contributed by atoms with Crippen LogP contribution in [0.5, 0.6) is 11.5 Å². The summed E-state index contributed by atoms with van der Waals surface area (Å²) in [5.41, 5.74) is 0.901. The Hall–Kier alpha value is -3.54. The average Bonchev–Trinajstić information content (AvgIpc) is 2.84. The molecule has 0 aromatic heterocycles. The van der Waals surface area contributed by atoms with Gasteiger partial charge >= 0.3 is 0 Å². The van der Waals surface area contributed by atoms with E-state index >= 15 is 0 Å². The van der Waals surface area contributed by atoms with E-state index in [9.17, 15) is 9.59 Å². The molecule has 0 aliphatic heterocycles.